The Hall–Kier alpha value is -0.450. The van der Waals surface area contributed by atoms with E-state index < -0.39 is 0 Å². The second-order valence-corrected chi connectivity index (χ2v) is 6.48. The van der Waals surface area contributed by atoms with Crippen molar-refractivity contribution in [3.05, 3.63) is 16.1 Å². The lowest BCUT2D eigenvalue weighted by Crippen LogP contribution is -2.41. The van der Waals surface area contributed by atoms with E-state index in [1.165, 1.54) is 44.3 Å². The van der Waals surface area contributed by atoms with Gasteiger partial charge in [-0.25, -0.2) is 4.98 Å². The van der Waals surface area contributed by atoms with Crippen LogP contribution >= 0.6 is 11.3 Å². The molecule has 100 valence electrons. The molecule has 1 aliphatic carbocycles. The summed E-state index contributed by atoms with van der Waals surface area (Å²) in [7, 11) is 1.73. The third-order valence-electron chi connectivity index (χ3n) is 4.34. The fraction of sp³-hybridized carbons (Fsp3) is 0.786. The van der Waals surface area contributed by atoms with Crippen molar-refractivity contribution in [2.45, 2.75) is 51.3 Å². The van der Waals surface area contributed by atoms with E-state index in [1.807, 2.05) is 0 Å². The minimum Gasteiger partial charge on any atom is -0.378 e. The predicted octanol–water partition coefficient (Wildman–Crippen LogP) is 3.05. The number of hydrogen-bond acceptors (Lipinski definition) is 4. The molecule has 1 aromatic rings. The Bertz CT molecular complexity index is 393. The molecule has 2 heterocycles. The molecule has 0 N–H and O–H groups in total. The Morgan fingerprint density at radius 2 is 2.28 bits per heavy atom. The van der Waals surface area contributed by atoms with Crippen LogP contribution < -0.4 is 0 Å². The molecule has 0 radical (unpaired) electrons. The van der Waals surface area contributed by atoms with E-state index in [0.717, 1.165) is 23.5 Å². The van der Waals surface area contributed by atoms with Crippen LogP contribution in [-0.2, 0) is 17.9 Å². The number of piperidine rings is 1. The number of methoxy groups -OCH3 is 1. The summed E-state index contributed by atoms with van der Waals surface area (Å²) in [6.07, 6.45) is 7.11. The van der Waals surface area contributed by atoms with E-state index in [-0.39, 0.29) is 0 Å². The van der Waals surface area contributed by atoms with Crippen LogP contribution in [0.1, 0.15) is 42.8 Å². The molecule has 0 spiro atoms. The molecule has 4 heteroatoms. The van der Waals surface area contributed by atoms with Crippen molar-refractivity contribution in [1.29, 1.82) is 0 Å². The third kappa shape index (κ3) is 2.60. The van der Waals surface area contributed by atoms with Crippen molar-refractivity contribution in [3.8, 4) is 0 Å². The third-order valence-corrected chi connectivity index (χ3v) is 5.21. The summed E-state index contributed by atoms with van der Waals surface area (Å²) < 4.78 is 5.13. The quantitative estimate of drug-likeness (QED) is 0.837. The van der Waals surface area contributed by atoms with Crippen molar-refractivity contribution in [3.63, 3.8) is 0 Å². The van der Waals surface area contributed by atoms with Gasteiger partial charge in [0.25, 0.3) is 0 Å². The van der Waals surface area contributed by atoms with Gasteiger partial charge in [0.2, 0.25) is 0 Å². The van der Waals surface area contributed by atoms with E-state index in [0.29, 0.717) is 6.61 Å². The van der Waals surface area contributed by atoms with Crippen molar-refractivity contribution in [2.24, 2.45) is 5.92 Å². The standard InChI is InChI=1S/C14H22N2OS/c1-17-9-14-15-12(10-18-14)8-16-7-3-5-11-4-2-6-13(11)16/h10-11,13H,2-9H2,1H3/t11-,13-/m0/s1. The fourth-order valence-electron chi connectivity index (χ4n) is 3.57. The first-order valence-electron chi connectivity index (χ1n) is 7.03. The molecule has 3 rings (SSSR count). The minimum absolute atomic E-state index is 0.650. The summed E-state index contributed by atoms with van der Waals surface area (Å²) in [4.78, 5) is 7.33. The highest BCUT2D eigenvalue weighted by Crippen LogP contribution is 2.37. The summed E-state index contributed by atoms with van der Waals surface area (Å²) in [6, 6.07) is 0.839. The first-order chi connectivity index (χ1) is 8.86. The van der Waals surface area contributed by atoms with Crippen LogP contribution in [0.5, 0.6) is 0 Å². The Kier molecular flexibility index (Phi) is 3.97. The molecule has 1 saturated heterocycles. The lowest BCUT2D eigenvalue weighted by atomic mass is 9.92. The number of ether oxygens (including phenoxy) is 1. The molecule has 2 aliphatic rings. The molecule has 1 saturated carbocycles. The van der Waals surface area contributed by atoms with Crippen LogP contribution in [0.3, 0.4) is 0 Å². The van der Waals surface area contributed by atoms with Crippen LogP contribution in [0.15, 0.2) is 5.38 Å². The van der Waals surface area contributed by atoms with Gasteiger partial charge in [-0.1, -0.05) is 6.42 Å². The average molecular weight is 266 g/mol. The van der Waals surface area contributed by atoms with Gasteiger partial charge in [0, 0.05) is 25.1 Å². The second kappa shape index (κ2) is 5.68. The molecule has 0 amide bonds. The number of rotatable bonds is 4. The average Bonchev–Trinajstić information content (AvgIpc) is 2.99. The molecule has 0 unspecified atom stereocenters. The van der Waals surface area contributed by atoms with Crippen molar-refractivity contribution in [1.82, 2.24) is 9.88 Å². The first kappa shape index (κ1) is 12.6. The maximum absolute atomic E-state index is 5.13. The summed E-state index contributed by atoms with van der Waals surface area (Å²) >= 11 is 1.73. The number of aromatic nitrogens is 1. The van der Waals surface area contributed by atoms with E-state index in [9.17, 15) is 0 Å². The molecule has 0 aromatic carbocycles. The van der Waals surface area contributed by atoms with Gasteiger partial charge in [0.1, 0.15) is 5.01 Å². The zero-order valence-corrected chi connectivity index (χ0v) is 11.9. The zero-order chi connectivity index (χ0) is 12.4. The number of thiazole rings is 1. The fourth-order valence-corrected chi connectivity index (χ4v) is 4.33. The number of hydrogen-bond donors (Lipinski definition) is 0. The van der Waals surface area contributed by atoms with Gasteiger partial charge >= 0.3 is 0 Å². The predicted molar refractivity (Wildman–Crippen MR) is 73.6 cm³/mol. The molecule has 2 fully saturated rings. The van der Waals surface area contributed by atoms with Crippen LogP contribution in [0, 0.1) is 5.92 Å². The molecular weight excluding hydrogens is 244 g/mol. The van der Waals surface area contributed by atoms with Crippen LogP contribution in [0.2, 0.25) is 0 Å². The summed E-state index contributed by atoms with van der Waals surface area (Å²) in [5, 5.41) is 3.31. The Morgan fingerprint density at radius 1 is 1.39 bits per heavy atom. The van der Waals surface area contributed by atoms with Crippen molar-refractivity contribution < 1.29 is 4.74 Å². The maximum Gasteiger partial charge on any atom is 0.119 e. The number of nitrogens with zero attached hydrogens (tertiary/aromatic N) is 2. The first-order valence-corrected chi connectivity index (χ1v) is 7.91. The molecule has 2 atom stereocenters. The monoisotopic (exact) mass is 266 g/mol. The lowest BCUT2D eigenvalue weighted by molar-refractivity contribution is 0.104. The van der Waals surface area contributed by atoms with Crippen molar-refractivity contribution >= 4 is 11.3 Å². The van der Waals surface area contributed by atoms with Crippen LogP contribution in [0.4, 0.5) is 0 Å². The van der Waals surface area contributed by atoms with Gasteiger partial charge < -0.3 is 4.74 Å². The SMILES string of the molecule is COCc1nc(CN2CCC[C@@H]3CCC[C@@H]32)cs1. The van der Waals surface area contributed by atoms with E-state index >= 15 is 0 Å². The van der Waals surface area contributed by atoms with Crippen LogP contribution in [-0.4, -0.2) is 29.6 Å². The Balaban J connectivity index is 1.63. The van der Waals surface area contributed by atoms with E-state index in [1.54, 1.807) is 18.4 Å². The number of likely N-dealkylation sites (tertiary alicyclic amines) is 1. The topological polar surface area (TPSA) is 25.4 Å². The summed E-state index contributed by atoms with van der Waals surface area (Å²) in [5.74, 6) is 0.968. The number of fused-ring (bicyclic) bond motifs is 1. The Labute approximate surface area is 113 Å². The van der Waals surface area contributed by atoms with Gasteiger partial charge in [-0.15, -0.1) is 11.3 Å². The smallest absolute Gasteiger partial charge is 0.119 e. The highest BCUT2D eigenvalue weighted by atomic mass is 32.1. The van der Waals surface area contributed by atoms with Gasteiger partial charge in [-0.05, 0) is 38.1 Å². The molecule has 1 aromatic heterocycles. The maximum atomic E-state index is 5.13. The second-order valence-electron chi connectivity index (χ2n) is 5.54. The molecular formula is C14H22N2OS. The van der Waals surface area contributed by atoms with Gasteiger partial charge in [-0.2, -0.15) is 0 Å². The van der Waals surface area contributed by atoms with Gasteiger partial charge in [0.05, 0.1) is 12.3 Å². The van der Waals surface area contributed by atoms with Crippen LogP contribution in [0.25, 0.3) is 0 Å². The Morgan fingerprint density at radius 3 is 3.17 bits per heavy atom. The summed E-state index contributed by atoms with van der Waals surface area (Å²) in [5.41, 5.74) is 1.24. The molecule has 1 aliphatic heterocycles. The summed E-state index contributed by atoms with van der Waals surface area (Å²) in [6.45, 7) is 2.95. The molecule has 0 bridgehead atoms. The van der Waals surface area contributed by atoms with Crippen molar-refractivity contribution in [2.75, 3.05) is 13.7 Å². The van der Waals surface area contributed by atoms with E-state index in [4.69, 9.17) is 4.74 Å². The highest BCUT2D eigenvalue weighted by molar-refractivity contribution is 7.09. The minimum atomic E-state index is 0.650. The van der Waals surface area contributed by atoms with Gasteiger partial charge in [0.15, 0.2) is 0 Å². The largest absolute Gasteiger partial charge is 0.378 e. The normalized spacial score (nSPS) is 28.5. The highest BCUT2D eigenvalue weighted by Gasteiger charge is 2.34. The zero-order valence-electron chi connectivity index (χ0n) is 11.1. The van der Waals surface area contributed by atoms with Gasteiger partial charge in [-0.3, -0.25) is 4.90 Å². The lowest BCUT2D eigenvalue weighted by Gasteiger charge is -2.37. The van der Waals surface area contributed by atoms with E-state index in [2.05, 4.69) is 15.3 Å². The molecule has 3 nitrogen and oxygen atoms in total. The molecule has 18 heavy (non-hydrogen) atoms.